The van der Waals surface area contributed by atoms with Crippen molar-refractivity contribution in [1.29, 1.82) is 0 Å². The number of ether oxygens (including phenoxy) is 1. The molecule has 1 aromatic carbocycles. The Hall–Kier alpha value is -1.97. The van der Waals surface area contributed by atoms with Crippen molar-refractivity contribution in [2.45, 2.75) is 26.3 Å². The first-order chi connectivity index (χ1) is 8.65. The SMILES string of the molecule is CCCc1cn(CC(=O)O)c2cc(OC)ccc12. The molecule has 4 nitrogen and oxygen atoms in total. The molecule has 96 valence electrons. The molecule has 1 heterocycles. The number of aryl methyl sites for hydroxylation is 1. The molecule has 2 rings (SSSR count). The maximum Gasteiger partial charge on any atom is 0.323 e. The third-order valence-electron chi connectivity index (χ3n) is 3.00. The number of nitrogens with zero attached hydrogens (tertiary/aromatic N) is 1. The van der Waals surface area contributed by atoms with Crippen molar-refractivity contribution in [1.82, 2.24) is 4.57 Å². The first-order valence-electron chi connectivity index (χ1n) is 6.03. The largest absolute Gasteiger partial charge is 0.497 e. The Morgan fingerprint density at radius 2 is 2.22 bits per heavy atom. The van der Waals surface area contributed by atoms with Crippen molar-refractivity contribution in [3.05, 3.63) is 30.0 Å². The zero-order valence-corrected chi connectivity index (χ0v) is 10.6. The van der Waals surface area contributed by atoms with Gasteiger partial charge in [0, 0.05) is 17.6 Å². The number of carboxylic acid groups (broad SMARTS) is 1. The fourth-order valence-electron chi connectivity index (χ4n) is 2.22. The Morgan fingerprint density at radius 3 is 2.83 bits per heavy atom. The van der Waals surface area contributed by atoms with Crippen LogP contribution in [0.4, 0.5) is 0 Å². The van der Waals surface area contributed by atoms with Gasteiger partial charge in [-0.15, -0.1) is 0 Å². The van der Waals surface area contributed by atoms with E-state index in [0.29, 0.717) is 0 Å². The van der Waals surface area contributed by atoms with Crippen LogP contribution >= 0.6 is 0 Å². The van der Waals surface area contributed by atoms with Crippen LogP contribution in [0.25, 0.3) is 10.9 Å². The molecule has 4 heteroatoms. The second-order valence-electron chi connectivity index (χ2n) is 4.31. The van der Waals surface area contributed by atoms with Crippen LogP contribution in [0.15, 0.2) is 24.4 Å². The number of carbonyl (C=O) groups is 1. The van der Waals surface area contributed by atoms with Gasteiger partial charge in [0.15, 0.2) is 0 Å². The lowest BCUT2D eigenvalue weighted by atomic mass is 10.1. The number of hydrogen-bond donors (Lipinski definition) is 1. The first-order valence-corrected chi connectivity index (χ1v) is 6.03. The Bertz CT molecular complexity index is 572. The normalized spacial score (nSPS) is 10.8. The van der Waals surface area contributed by atoms with Crippen LogP contribution < -0.4 is 4.74 Å². The molecule has 0 aliphatic rings. The molecule has 1 aromatic heterocycles. The molecule has 0 spiro atoms. The minimum Gasteiger partial charge on any atom is -0.497 e. The fraction of sp³-hybridized carbons (Fsp3) is 0.357. The Balaban J connectivity index is 2.56. The monoisotopic (exact) mass is 247 g/mol. The average Bonchev–Trinajstić information content (AvgIpc) is 2.67. The molecule has 0 saturated heterocycles. The van der Waals surface area contributed by atoms with Crippen molar-refractivity contribution in [3.8, 4) is 5.75 Å². The topological polar surface area (TPSA) is 51.5 Å². The van der Waals surface area contributed by atoms with Gasteiger partial charge in [-0.25, -0.2) is 0 Å². The molecule has 0 bridgehead atoms. The lowest BCUT2D eigenvalue weighted by molar-refractivity contribution is -0.137. The van der Waals surface area contributed by atoms with Crippen molar-refractivity contribution in [3.63, 3.8) is 0 Å². The molecule has 0 amide bonds. The van der Waals surface area contributed by atoms with Crippen molar-refractivity contribution in [2.75, 3.05) is 7.11 Å². The van der Waals surface area contributed by atoms with Crippen LogP contribution in [-0.2, 0) is 17.8 Å². The maximum absolute atomic E-state index is 10.9. The highest BCUT2D eigenvalue weighted by molar-refractivity contribution is 5.86. The van der Waals surface area contributed by atoms with Gasteiger partial charge in [-0.1, -0.05) is 13.3 Å². The van der Waals surface area contributed by atoms with Gasteiger partial charge in [0.2, 0.25) is 0 Å². The summed E-state index contributed by atoms with van der Waals surface area (Å²) in [5.41, 5.74) is 2.11. The second kappa shape index (κ2) is 5.12. The number of aromatic nitrogens is 1. The molecule has 18 heavy (non-hydrogen) atoms. The fourth-order valence-corrected chi connectivity index (χ4v) is 2.22. The summed E-state index contributed by atoms with van der Waals surface area (Å²) in [7, 11) is 1.61. The number of aliphatic carboxylic acids is 1. The third kappa shape index (κ3) is 2.32. The van der Waals surface area contributed by atoms with Crippen molar-refractivity contribution >= 4 is 16.9 Å². The first kappa shape index (κ1) is 12.5. The minimum atomic E-state index is -0.835. The average molecular weight is 247 g/mol. The molecular formula is C14H17NO3. The number of fused-ring (bicyclic) bond motifs is 1. The van der Waals surface area contributed by atoms with E-state index in [1.165, 1.54) is 5.56 Å². The van der Waals surface area contributed by atoms with Crippen LogP contribution in [0.2, 0.25) is 0 Å². The summed E-state index contributed by atoms with van der Waals surface area (Å²) < 4.78 is 6.96. The quantitative estimate of drug-likeness (QED) is 0.883. The molecule has 0 aliphatic carbocycles. The number of hydrogen-bond acceptors (Lipinski definition) is 2. The number of methoxy groups -OCH3 is 1. The summed E-state index contributed by atoms with van der Waals surface area (Å²) in [5.74, 6) is -0.0898. The van der Waals surface area contributed by atoms with E-state index in [4.69, 9.17) is 9.84 Å². The van der Waals surface area contributed by atoms with E-state index >= 15 is 0 Å². The highest BCUT2D eigenvalue weighted by Crippen LogP contribution is 2.26. The van der Waals surface area contributed by atoms with Gasteiger partial charge in [-0.05, 0) is 24.1 Å². The van der Waals surface area contributed by atoms with Gasteiger partial charge in [0.05, 0.1) is 12.6 Å². The van der Waals surface area contributed by atoms with Gasteiger partial charge in [0.1, 0.15) is 12.3 Å². The number of rotatable bonds is 5. The summed E-state index contributed by atoms with van der Waals surface area (Å²) in [6, 6.07) is 5.79. The lowest BCUT2D eigenvalue weighted by Gasteiger charge is -2.03. The summed E-state index contributed by atoms with van der Waals surface area (Å²) in [6.45, 7) is 2.09. The van der Waals surface area contributed by atoms with E-state index in [2.05, 4.69) is 6.92 Å². The lowest BCUT2D eigenvalue weighted by Crippen LogP contribution is -2.07. The smallest absolute Gasteiger partial charge is 0.323 e. The Labute approximate surface area is 106 Å². The molecule has 0 atom stereocenters. The van der Waals surface area contributed by atoms with Crippen LogP contribution in [-0.4, -0.2) is 22.8 Å². The van der Waals surface area contributed by atoms with E-state index in [-0.39, 0.29) is 6.54 Å². The van der Waals surface area contributed by atoms with Crippen LogP contribution in [0.3, 0.4) is 0 Å². The summed E-state index contributed by atoms with van der Waals surface area (Å²) >= 11 is 0. The zero-order chi connectivity index (χ0) is 13.1. The van der Waals surface area contributed by atoms with Gasteiger partial charge < -0.3 is 14.4 Å². The summed E-state index contributed by atoms with van der Waals surface area (Å²) in [6.07, 6.45) is 3.93. The molecule has 0 saturated carbocycles. The third-order valence-corrected chi connectivity index (χ3v) is 3.00. The predicted octanol–water partition coefficient (Wildman–Crippen LogP) is 2.69. The van der Waals surface area contributed by atoms with Gasteiger partial charge in [0.25, 0.3) is 0 Å². The highest BCUT2D eigenvalue weighted by Gasteiger charge is 2.11. The van der Waals surface area contributed by atoms with Crippen molar-refractivity contribution in [2.24, 2.45) is 0 Å². The highest BCUT2D eigenvalue weighted by atomic mass is 16.5. The Kier molecular flexibility index (Phi) is 3.55. The molecule has 0 radical (unpaired) electrons. The van der Waals surface area contributed by atoms with E-state index < -0.39 is 5.97 Å². The van der Waals surface area contributed by atoms with Crippen molar-refractivity contribution < 1.29 is 14.6 Å². The van der Waals surface area contributed by atoms with Gasteiger partial charge in [-0.2, -0.15) is 0 Å². The molecule has 2 aromatic rings. The second-order valence-corrected chi connectivity index (χ2v) is 4.31. The van der Waals surface area contributed by atoms with E-state index in [9.17, 15) is 4.79 Å². The summed E-state index contributed by atoms with van der Waals surface area (Å²) in [4.78, 5) is 10.9. The standard InChI is InChI=1S/C14H17NO3/c1-3-4-10-8-15(9-14(16)17)13-7-11(18-2)5-6-12(10)13/h5-8H,3-4,9H2,1-2H3,(H,16,17). The summed E-state index contributed by atoms with van der Waals surface area (Å²) in [5, 5.41) is 10.1. The maximum atomic E-state index is 10.9. The van der Waals surface area contributed by atoms with Crippen LogP contribution in [0, 0.1) is 0 Å². The van der Waals surface area contributed by atoms with Gasteiger partial charge >= 0.3 is 5.97 Å². The van der Waals surface area contributed by atoms with E-state index in [1.807, 2.05) is 24.4 Å². The molecule has 1 N–H and O–H groups in total. The van der Waals surface area contributed by atoms with Crippen LogP contribution in [0.5, 0.6) is 5.75 Å². The molecule has 0 fully saturated rings. The van der Waals surface area contributed by atoms with Gasteiger partial charge in [-0.3, -0.25) is 4.79 Å². The van der Waals surface area contributed by atoms with E-state index in [1.54, 1.807) is 11.7 Å². The zero-order valence-electron chi connectivity index (χ0n) is 10.6. The molecule has 0 aliphatic heterocycles. The molecule has 0 unspecified atom stereocenters. The molecular weight excluding hydrogens is 230 g/mol. The predicted molar refractivity (Wildman–Crippen MR) is 70.1 cm³/mol. The van der Waals surface area contributed by atoms with E-state index in [0.717, 1.165) is 29.5 Å². The minimum absolute atomic E-state index is 0.0205. The number of benzene rings is 1. The van der Waals surface area contributed by atoms with Crippen LogP contribution in [0.1, 0.15) is 18.9 Å². The number of carboxylic acids is 1. The Morgan fingerprint density at radius 1 is 1.44 bits per heavy atom.